The molecule has 0 aromatic carbocycles. The van der Waals surface area contributed by atoms with Crippen molar-refractivity contribution in [3.8, 4) is 0 Å². The van der Waals surface area contributed by atoms with Crippen LogP contribution in [-0.2, 0) is 9.84 Å². The molecular formula is C9H21NO2S. The number of sulfone groups is 1. The van der Waals surface area contributed by atoms with Gasteiger partial charge in [0, 0.05) is 6.04 Å². The van der Waals surface area contributed by atoms with E-state index in [1.807, 2.05) is 13.8 Å². The van der Waals surface area contributed by atoms with Crippen molar-refractivity contribution in [2.75, 3.05) is 11.5 Å². The summed E-state index contributed by atoms with van der Waals surface area (Å²) in [4.78, 5) is 0. The van der Waals surface area contributed by atoms with Crippen molar-refractivity contribution in [3.05, 3.63) is 0 Å². The minimum Gasteiger partial charge on any atom is -0.327 e. The fraction of sp³-hybridized carbons (Fsp3) is 1.00. The SMILES string of the molecule is CCCCS(=O)(=O)CC(N)CCC. The zero-order valence-corrected chi connectivity index (χ0v) is 9.44. The lowest BCUT2D eigenvalue weighted by atomic mass is 10.2. The maximum atomic E-state index is 11.4. The Hall–Kier alpha value is -0.0900. The Kier molecular flexibility index (Phi) is 6.33. The topological polar surface area (TPSA) is 60.2 Å². The summed E-state index contributed by atoms with van der Waals surface area (Å²) in [6.07, 6.45) is 3.42. The molecule has 0 bridgehead atoms. The van der Waals surface area contributed by atoms with Crippen LogP contribution in [-0.4, -0.2) is 26.0 Å². The van der Waals surface area contributed by atoms with Gasteiger partial charge >= 0.3 is 0 Å². The van der Waals surface area contributed by atoms with Crippen LogP contribution < -0.4 is 5.73 Å². The first-order valence-corrected chi connectivity index (χ1v) is 6.80. The number of hydrogen-bond donors (Lipinski definition) is 1. The second-order valence-electron chi connectivity index (χ2n) is 3.52. The second-order valence-corrected chi connectivity index (χ2v) is 5.75. The van der Waals surface area contributed by atoms with Crippen molar-refractivity contribution in [1.82, 2.24) is 0 Å². The molecule has 0 aliphatic carbocycles. The molecule has 0 aliphatic heterocycles. The largest absolute Gasteiger partial charge is 0.327 e. The van der Waals surface area contributed by atoms with Gasteiger partial charge in [-0.25, -0.2) is 8.42 Å². The minimum absolute atomic E-state index is 0.154. The van der Waals surface area contributed by atoms with Crippen molar-refractivity contribution in [2.24, 2.45) is 5.73 Å². The van der Waals surface area contributed by atoms with Gasteiger partial charge in [-0.05, 0) is 12.8 Å². The molecular weight excluding hydrogens is 186 g/mol. The Labute approximate surface area is 81.6 Å². The van der Waals surface area contributed by atoms with Gasteiger partial charge < -0.3 is 5.73 Å². The molecule has 0 saturated carbocycles. The lowest BCUT2D eigenvalue weighted by Crippen LogP contribution is -2.30. The number of rotatable bonds is 7. The van der Waals surface area contributed by atoms with E-state index in [4.69, 9.17) is 5.73 Å². The van der Waals surface area contributed by atoms with Gasteiger partial charge in [-0.2, -0.15) is 0 Å². The molecule has 2 N–H and O–H groups in total. The molecule has 0 saturated heterocycles. The smallest absolute Gasteiger partial charge is 0.151 e. The highest BCUT2D eigenvalue weighted by Gasteiger charge is 2.14. The van der Waals surface area contributed by atoms with Crippen LogP contribution in [0.3, 0.4) is 0 Å². The Bertz CT molecular complexity index is 212. The average molecular weight is 207 g/mol. The van der Waals surface area contributed by atoms with E-state index in [9.17, 15) is 8.42 Å². The highest BCUT2D eigenvalue weighted by molar-refractivity contribution is 7.91. The van der Waals surface area contributed by atoms with Gasteiger partial charge in [-0.1, -0.05) is 26.7 Å². The van der Waals surface area contributed by atoms with E-state index in [0.717, 1.165) is 25.7 Å². The van der Waals surface area contributed by atoms with E-state index in [2.05, 4.69) is 0 Å². The van der Waals surface area contributed by atoms with Crippen LogP contribution in [0.1, 0.15) is 39.5 Å². The quantitative estimate of drug-likeness (QED) is 0.685. The van der Waals surface area contributed by atoms with Crippen LogP contribution in [0.4, 0.5) is 0 Å². The lowest BCUT2D eigenvalue weighted by molar-refractivity contribution is 0.574. The first kappa shape index (κ1) is 12.9. The summed E-state index contributed by atoms with van der Waals surface area (Å²) in [5.41, 5.74) is 5.66. The van der Waals surface area contributed by atoms with Crippen LogP contribution in [0.15, 0.2) is 0 Å². The maximum absolute atomic E-state index is 11.4. The Morgan fingerprint density at radius 1 is 1.23 bits per heavy atom. The molecule has 0 spiro atoms. The van der Waals surface area contributed by atoms with Gasteiger partial charge in [-0.15, -0.1) is 0 Å². The Balaban J connectivity index is 3.87. The second kappa shape index (κ2) is 6.38. The predicted molar refractivity (Wildman–Crippen MR) is 56.4 cm³/mol. The van der Waals surface area contributed by atoms with Gasteiger partial charge in [-0.3, -0.25) is 0 Å². The molecule has 80 valence electrons. The van der Waals surface area contributed by atoms with E-state index in [0.29, 0.717) is 5.75 Å². The van der Waals surface area contributed by atoms with Crippen molar-refractivity contribution in [2.45, 2.75) is 45.6 Å². The maximum Gasteiger partial charge on any atom is 0.151 e. The highest BCUT2D eigenvalue weighted by Crippen LogP contribution is 2.02. The van der Waals surface area contributed by atoms with Crippen LogP contribution in [0.25, 0.3) is 0 Å². The summed E-state index contributed by atoms with van der Waals surface area (Å²) in [6, 6.07) is -0.174. The first-order chi connectivity index (χ1) is 6.02. The van der Waals surface area contributed by atoms with Crippen LogP contribution in [0.2, 0.25) is 0 Å². The zero-order chi connectivity index (χ0) is 10.3. The molecule has 13 heavy (non-hydrogen) atoms. The predicted octanol–water partition coefficient (Wildman–Crippen LogP) is 1.33. The summed E-state index contributed by atoms with van der Waals surface area (Å²) in [6.45, 7) is 4.00. The van der Waals surface area contributed by atoms with Crippen molar-refractivity contribution < 1.29 is 8.42 Å². The molecule has 4 heteroatoms. The van der Waals surface area contributed by atoms with Gasteiger partial charge in [0.05, 0.1) is 11.5 Å². The molecule has 0 aliphatic rings. The summed E-state index contributed by atoms with van der Waals surface area (Å²) < 4.78 is 22.8. The molecule has 1 unspecified atom stereocenters. The minimum atomic E-state index is -2.89. The molecule has 3 nitrogen and oxygen atoms in total. The summed E-state index contributed by atoms with van der Waals surface area (Å²) in [5, 5.41) is 0. The number of unbranched alkanes of at least 4 members (excludes halogenated alkanes) is 1. The average Bonchev–Trinajstić information content (AvgIpc) is 2.00. The van der Waals surface area contributed by atoms with E-state index >= 15 is 0 Å². The summed E-state index contributed by atoms with van der Waals surface area (Å²) in [5.74, 6) is 0.446. The monoisotopic (exact) mass is 207 g/mol. The molecule has 0 heterocycles. The summed E-state index contributed by atoms with van der Waals surface area (Å²) in [7, 11) is -2.89. The van der Waals surface area contributed by atoms with E-state index in [-0.39, 0.29) is 11.8 Å². The number of nitrogens with two attached hydrogens (primary N) is 1. The van der Waals surface area contributed by atoms with E-state index in [1.165, 1.54) is 0 Å². The summed E-state index contributed by atoms with van der Waals surface area (Å²) >= 11 is 0. The zero-order valence-electron chi connectivity index (χ0n) is 8.62. The molecule has 0 aromatic heterocycles. The Morgan fingerprint density at radius 2 is 1.85 bits per heavy atom. The van der Waals surface area contributed by atoms with Crippen LogP contribution in [0, 0.1) is 0 Å². The third-order valence-corrected chi connectivity index (χ3v) is 3.78. The Morgan fingerprint density at radius 3 is 2.31 bits per heavy atom. The molecule has 1 atom stereocenters. The van der Waals surface area contributed by atoms with Crippen molar-refractivity contribution >= 4 is 9.84 Å². The molecule has 0 aromatic rings. The molecule has 0 rings (SSSR count). The first-order valence-electron chi connectivity index (χ1n) is 4.97. The van der Waals surface area contributed by atoms with Crippen LogP contribution >= 0.6 is 0 Å². The normalized spacial score (nSPS) is 14.4. The highest BCUT2D eigenvalue weighted by atomic mass is 32.2. The van der Waals surface area contributed by atoms with Crippen molar-refractivity contribution in [1.29, 1.82) is 0 Å². The van der Waals surface area contributed by atoms with E-state index in [1.54, 1.807) is 0 Å². The fourth-order valence-electron chi connectivity index (χ4n) is 1.23. The van der Waals surface area contributed by atoms with Gasteiger partial charge in [0.25, 0.3) is 0 Å². The lowest BCUT2D eigenvalue weighted by Gasteiger charge is -2.10. The van der Waals surface area contributed by atoms with Gasteiger partial charge in [0.2, 0.25) is 0 Å². The van der Waals surface area contributed by atoms with Crippen molar-refractivity contribution in [3.63, 3.8) is 0 Å². The molecule has 0 radical (unpaired) electrons. The molecule has 0 amide bonds. The van der Waals surface area contributed by atoms with Gasteiger partial charge in [0.15, 0.2) is 9.84 Å². The van der Waals surface area contributed by atoms with Gasteiger partial charge in [0.1, 0.15) is 0 Å². The fourth-order valence-corrected chi connectivity index (χ4v) is 2.94. The molecule has 0 fully saturated rings. The number of hydrogen-bond acceptors (Lipinski definition) is 3. The van der Waals surface area contributed by atoms with Crippen LogP contribution in [0.5, 0.6) is 0 Å². The third kappa shape index (κ3) is 7.02. The van der Waals surface area contributed by atoms with E-state index < -0.39 is 9.84 Å². The third-order valence-electron chi connectivity index (χ3n) is 1.94. The standard InChI is InChI=1S/C9H21NO2S/c1-3-5-7-13(11,12)8-9(10)6-4-2/h9H,3-8,10H2,1-2H3.